The van der Waals surface area contributed by atoms with Gasteiger partial charge in [0.15, 0.2) is 0 Å². The van der Waals surface area contributed by atoms with Crippen LogP contribution in [0.4, 0.5) is 0 Å². The number of ether oxygens (including phenoxy) is 1. The number of hydrogen-bond acceptors (Lipinski definition) is 3. The molecule has 2 N–H and O–H groups in total. The quantitative estimate of drug-likeness (QED) is 0.600. The van der Waals surface area contributed by atoms with Crippen molar-refractivity contribution in [2.24, 2.45) is 0 Å². The molecule has 0 fully saturated rings. The van der Waals surface area contributed by atoms with Crippen LogP contribution in [0.1, 0.15) is 15.9 Å². The van der Waals surface area contributed by atoms with Crippen molar-refractivity contribution >= 4 is 52.7 Å². The third kappa shape index (κ3) is 5.13. The van der Waals surface area contributed by atoms with Crippen LogP contribution in [0.15, 0.2) is 42.5 Å². The summed E-state index contributed by atoms with van der Waals surface area (Å²) in [5, 5.41) is 1.08. The van der Waals surface area contributed by atoms with E-state index >= 15 is 0 Å². The number of carbonyl (C=O) groups is 2. The van der Waals surface area contributed by atoms with E-state index in [0.717, 1.165) is 0 Å². The maximum absolute atomic E-state index is 12.1. The van der Waals surface area contributed by atoms with E-state index < -0.39 is 11.8 Å². The van der Waals surface area contributed by atoms with Crippen molar-refractivity contribution in [3.8, 4) is 5.75 Å². The molecule has 5 nitrogen and oxygen atoms in total. The van der Waals surface area contributed by atoms with Crippen LogP contribution in [0, 0.1) is 0 Å². The summed E-state index contributed by atoms with van der Waals surface area (Å²) in [6.45, 7) is 0. The number of hydrogen-bond donors (Lipinski definition) is 2. The SMILES string of the molecule is COc1ccc(Cl)cc1C(=O)NNC(=O)/C=C/c1cccc(Cl)c1Cl. The molecule has 0 bridgehead atoms. The summed E-state index contributed by atoms with van der Waals surface area (Å²) in [6, 6.07) is 9.63. The zero-order chi connectivity index (χ0) is 18.4. The lowest BCUT2D eigenvalue weighted by Gasteiger charge is -2.09. The first-order valence-corrected chi connectivity index (χ1v) is 8.11. The van der Waals surface area contributed by atoms with Gasteiger partial charge in [0.25, 0.3) is 11.8 Å². The predicted octanol–water partition coefficient (Wildman–Crippen LogP) is 4.13. The summed E-state index contributed by atoms with van der Waals surface area (Å²) in [7, 11) is 1.43. The third-order valence-corrected chi connectivity index (χ3v) is 4.17. The zero-order valence-electron chi connectivity index (χ0n) is 13.0. The lowest BCUT2D eigenvalue weighted by atomic mass is 10.2. The fourth-order valence-corrected chi connectivity index (χ4v) is 2.44. The van der Waals surface area contributed by atoms with Gasteiger partial charge in [-0.3, -0.25) is 20.4 Å². The monoisotopic (exact) mass is 398 g/mol. The van der Waals surface area contributed by atoms with Crippen molar-refractivity contribution in [1.29, 1.82) is 0 Å². The molecule has 2 aromatic rings. The van der Waals surface area contributed by atoms with Crippen molar-refractivity contribution in [3.05, 3.63) is 68.7 Å². The van der Waals surface area contributed by atoms with E-state index in [0.29, 0.717) is 26.4 Å². The van der Waals surface area contributed by atoms with Gasteiger partial charge in [0.1, 0.15) is 5.75 Å². The molecule has 130 valence electrons. The van der Waals surface area contributed by atoms with E-state index in [2.05, 4.69) is 10.9 Å². The van der Waals surface area contributed by atoms with Gasteiger partial charge in [0, 0.05) is 11.1 Å². The molecule has 2 rings (SSSR count). The molecule has 0 radical (unpaired) electrons. The molecule has 8 heteroatoms. The minimum absolute atomic E-state index is 0.192. The predicted molar refractivity (Wildman–Crippen MR) is 99.1 cm³/mol. The Morgan fingerprint density at radius 3 is 2.56 bits per heavy atom. The molecule has 0 atom stereocenters. The molecule has 2 aromatic carbocycles. The van der Waals surface area contributed by atoms with Crippen LogP contribution in [-0.2, 0) is 4.79 Å². The van der Waals surface area contributed by atoms with E-state index in [1.807, 2.05) is 0 Å². The van der Waals surface area contributed by atoms with Gasteiger partial charge in [-0.2, -0.15) is 0 Å². The lowest BCUT2D eigenvalue weighted by molar-refractivity contribution is -0.117. The third-order valence-electron chi connectivity index (χ3n) is 3.10. The Labute approximate surface area is 159 Å². The van der Waals surface area contributed by atoms with E-state index in [-0.39, 0.29) is 5.56 Å². The Kier molecular flexibility index (Phi) is 6.70. The number of hydrazine groups is 1. The Morgan fingerprint density at radius 2 is 1.84 bits per heavy atom. The van der Waals surface area contributed by atoms with Crippen LogP contribution < -0.4 is 15.6 Å². The maximum atomic E-state index is 12.1. The Balaban J connectivity index is 2.00. The first-order valence-electron chi connectivity index (χ1n) is 6.98. The van der Waals surface area contributed by atoms with Gasteiger partial charge in [-0.25, -0.2) is 0 Å². The molecule has 0 aliphatic heterocycles. The van der Waals surface area contributed by atoms with Gasteiger partial charge in [0.2, 0.25) is 0 Å². The average molecular weight is 400 g/mol. The lowest BCUT2D eigenvalue weighted by Crippen LogP contribution is -2.40. The second-order valence-corrected chi connectivity index (χ2v) is 5.99. The molecule has 0 spiro atoms. The fourth-order valence-electron chi connectivity index (χ4n) is 1.90. The van der Waals surface area contributed by atoms with Gasteiger partial charge in [0.05, 0.1) is 22.7 Å². The summed E-state index contributed by atoms with van der Waals surface area (Å²) in [5.41, 5.74) is 5.30. The smallest absolute Gasteiger partial charge is 0.273 e. The summed E-state index contributed by atoms with van der Waals surface area (Å²) < 4.78 is 5.08. The molecule has 25 heavy (non-hydrogen) atoms. The molecule has 0 saturated heterocycles. The number of benzene rings is 2. The Hall–Kier alpha value is -2.21. The van der Waals surface area contributed by atoms with Crippen molar-refractivity contribution in [2.45, 2.75) is 0 Å². The van der Waals surface area contributed by atoms with Crippen molar-refractivity contribution in [2.75, 3.05) is 7.11 Å². The standard InChI is InChI=1S/C17H13Cl3N2O3/c1-25-14-7-6-11(18)9-12(14)17(24)22-21-15(23)8-5-10-3-2-4-13(19)16(10)20/h2-9H,1H3,(H,21,23)(H,22,24)/b8-5+. The van der Waals surface area contributed by atoms with E-state index in [1.165, 1.54) is 25.3 Å². The van der Waals surface area contributed by atoms with Crippen LogP contribution in [0.5, 0.6) is 5.75 Å². The number of halogens is 3. The molecule has 2 amide bonds. The first kappa shape index (κ1) is 19.1. The highest BCUT2D eigenvalue weighted by molar-refractivity contribution is 6.42. The van der Waals surface area contributed by atoms with Gasteiger partial charge in [-0.1, -0.05) is 46.9 Å². The minimum Gasteiger partial charge on any atom is -0.496 e. The number of amides is 2. The largest absolute Gasteiger partial charge is 0.496 e. The van der Waals surface area contributed by atoms with Crippen molar-refractivity contribution in [3.63, 3.8) is 0 Å². The van der Waals surface area contributed by atoms with Gasteiger partial charge in [-0.05, 0) is 35.9 Å². The number of carbonyl (C=O) groups excluding carboxylic acids is 2. The van der Waals surface area contributed by atoms with Crippen LogP contribution in [0.3, 0.4) is 0 Å². The highest BCUT2D eigenvalue weighted by Gasteiger charge is 2.13. The Bertz CT molecular complexity index is 838. The molecular weight excluding hydrogens is 387 g/mol. The van der Waals surface area contributed by atoms with Crippen molar-refractivity contribution < 1.29 is 14.3 Å². The molecule has 0 aliphatic carbocycles. The van der Waals surface area contributed by atoms with E-state index in [4.69, 9.17) is 39.5 Å². The van der Waals surface area contributed by atoms with Crippen LogP contribution in [0.25, 0.3) is 6.08 Å². The van der Waals surface area contributed by atoms with Gasteiger partial charge < -0.3 is 4.74 Å². The first-order chi connectivity index (χ1) is 11.9. The zero-order valence-corrected chi connectivity index (χ0v) is 15.2. The highest BCUT2D eigenvalue weighted by Crippen LogP contribution is 2.26. The number of nitrogens with one attached hydrogen (secondary N) is 2. The number of rotatable bonds is 4. The van der Waals surface area contributed by atoms with Crippen molar-refractivity contribution in [1.82, 2.24) is 10.9 Å². The maximum Gasteiger partial charge on any atom is 0.273 e. The average Bonchev–Trinajstić information content (AvgIpc) is 2.60. The second-order valence-electron chi connectivity index (χ2n) is 4.76. The van der Waals surface area contributed by atoms with Gasteiger partial charge >= 0.3 is 0 Å². The fraction of sp³-hybridized carbons (Fsp3) is 0.0588. The summed E-state index contributed by atoms with van der Waals surface area (Å²) in [4.78, 5) is 24.0. The number of methoxy groups -OCH3 is 1. The summed E-state index contributed by atoms with van der Waals surface area (Å²) in [5.74, 6) is -0.787. The summed E-state index contributed by atoms with van der Waals surface area (Å²) in [6.07, 6.45) is 2.70. The normalized spacial score (nSPS) is 10.6. The highest BCUT2D eigenvalue weighted by atomic mass is 35.5. The molecule has 0 unspecified atom stereocenters. The molecule has 0 saturated carbocycles. The van der Waals surface area contributed by atoms with E-state index in [9.17, 15) is 9.59 Å². The van der Waals surface area contributed by atoms with Crippen LogP contribution in [-0.4, -0.2) is 18.9 Å². The van der Waals surface area contributed by atoms with Crippen LogP contribution in [0.2, 0.25) is 15.1 Å². The molecule has 0 aliphatic rings. The van der Waals surface area contributed by atoms with Crippen LogP contribution >= 0.6 is 34.8 Å². The Morgan fingerprint density at radius 1 is 1.08 bits per heavy atom. The minimum atomic E-state index is -0.568. The topological polar surface area (TPSA) is 67.4 Å². The van der Waals surface area contributed by atoms with Gasteiger partial charge in [-0.15, -0.1) is 0 Å². The summed E-state index contributed by atoms with van der Waals surface area (Å²) >= 11 is 17.8. The van der Waals surface area contributed by atoms with E-state index in [1.54, 1.807) is 30.3 Å². The molecular formula is C17H13Cl3N2O3. The molecule has 0 aromatic heterocycles. The second kappa shape index (κ2) is 8.76. The molecule has 0 heterocycles.